The van der Waals surface area contributed by atoms with Crippen LogP contribution in [0.1, 0.15) is 6.42 Å². The van der Waals surface area contributed by atoms with Crippen LogP contribution in [-0.2, 0) is 4.79 Å². The van der Waals surface area contributed by atoms with E-state index in [1.807, 2.05) is 0 Å². The molecular formula is C12H18BrN5O2. The number of piperazine rings is 1. The first kappa shape index (κ1) is 15.0. The minimum absolute atomic E-state index is 0.104. The third-order valence-corrected chi connectivity index (χ3v) is 3.55. The van der Waals surface area contributed by atoms with Gasteiger partial charge in [-0.05, 0) is 22.4 Å². The summed E-state index contributed by atoms with van der Waals surface area (Å²) in [4.78, 5) is 21.6. The maximum Gasteiger partial charge on any atom is 0.318 e. The zero-order valence-corrected chi connectivity index (χ0v) is 12.9. The average molecular weight is 344 g/mol. The summed E-state index contributed by atoms with van der Waals surface area (Å²) in [5, 5.41) is 6.05. The number of amides is 1. The van der Waals surface area contributed by atoms with Crippen LogP contribution in [0.25, 0.3) is 0 Å². The summed E-state index contributed by atoms with van der Waals surface area (Å²) in [7, 11) is 1.54. The molecule has 20 heavy (non-hydrogen) atoms. The maximum atomic E-state index is 11.2. The molecule has 1 fully saturated rings. The second-order valence-electron chi connectivity index (χ2n) is 4.46. The summed E-state index contributed by atoms with van der Waals surface area (Å²) in [6, 6.07) is 0.336. The third-order valence-electron chi connectivity index (χ3n) is 2.97. The Bertz CT molecular complexity index is 471. The van der Waals surface area contributed by atoms with Gasteiger partial charge in [-0.1, -0.05) is 0 Å². The molecule has 1 aromatic heterocycles. The van der Waals surface area contributed by atoms with Gasteiger partial charge in [-0.3, -0.25) is 9.69 Å². The van der Waals surface area contributed by atoms with Crippen LogP contribution in [0.5, 0.6) is 6.01 Å². The van der Waals surface area contributed by atoms with Crippen LogP contribution in [0, 0.1) is 0 Å². The number of anilines is 1. The van der Waals surface area contributed by atoms with Gasteiger partial charge in [0.05, 0.1) is 24.3 Å². The van der Waals surface area contributed by atoms with E-state index < -0.39 is 0 Å². The van der Waals surface area contributed by atoms with E-state index in [4.69, 9.17) is 4.74 Å². The molecule has 1 aromatic rings. The summed E-state index contributed by atoms with van der Waals surface area (Å²) in [6.45, 7) is 3.81. The van der Waals surface area contributed by atoms with Gasteiger partial charge in [-0.2, -0.15) is 4.98 Å². The van der Waals surface area contributed by atoms with Gasteiger partial charge in [0.1, 0.15) is 5.82 Å². The van der Waals surface area contributed by atoms with E-state index in [0.29, 0.717) is 18.4 Å². The lowest BCUT2D eigenvalue weighted by Crippen LogP contribution is -2.47. The molecule has 110 valence electrons. The fourth-order valence-corrected chi connectivity index (χ4v) is 2.30. The van der Waals surface area contributed by atoms with E-state index in [-0.39, 0.29) is 5.91 Å². The Morgan fingerprint density at radius 3 is 3.20 bits per heavy atom. The van der Waals surface area contributed by atoms with Crippen molar-refractivity contribution in [1.29, 1.82) is 0 Å². The number of carbonyl (C=O) groups is 1. The van der Waals surface area contributed by atoms with Crippen LogP contribution in [0.4, 0.5) is 5.82 Å². The molecule has 1 aliphatic rings. The van der Waals surface area contributed by atoms with Crippen LogP contribution < -0.4 is 15.4 Å². The number of hydrogen-bond acceptors (Lipinski definition) is 6. The highest BCUT2D eigenvalue weighted by atomic mass is 79.9. The summed E-state index contributed by atoms with van der Waals surface area (Å²) in [6.07, 6.45) is 2.59. The van der Waals surface area contributed by atoms with Crippen molar-refractivity contribution in [1.82, 2.24) is 20.2 Å². The van der Waals surface area contributed by atoms with E-state index in [2.05, 4.69) is 41.4 Å². The topological polar surface area (TPSA) is 79.4 Å². The normalized spacial score (nSPS) is 15.8. The van der Waals surface area contributed by atoms with Crippen molar-refractivity contribution >= 4 is 27.7 Å². The van der Waals surface area contributed by atoms with Crippen LogP contribution in [-0.4, -0.2) is 60.6 Å². The second-order valence-corrected chi connectivity index (χ2v) is 5.31. The molecule has 1 amide bonds. The monoisotopic (exact) mass is 343 g/mol. The average Bonchev–Trinajstić information content (AvgIpc) is 2.45. The number of halogens is 1. The molecule has 0 atom stereocenters. The van der Waals surface area contributed by atoms with Crippen molar-refractivity contribution < 1.29 is 9.53 Å². The molecule has 0 spiro atoms. The molecule has 0 saturated carbocycles. The number of nitrogens with one attached hydrogen (secondary N) is 2. The Morgan fingerprint density at radius 1 is 1.60 bits per heavy atom. The Labute approximate surface area is 126 Å². The Morgan fingerprint density at radius 2 is 2.45 bits per heavy atom. The lowest BCUT2D eigenvalue weighted by molar-refractivity contribution is -0.124. The highest BCUT2D eigenvalue weighted by molar-refractivity contribution is 9.10. The molecule has 0 aliphatic carbocycles. The van der Waals surface area contributed by atoms with Gasteiger partial charge in [0, 0.05) is 26.2 Å². The molecule has 0 bridgehead atoms. The molecule has 0 aromatic carbocycles. The van der Waals surface area contributed by atoms with Crippen molar-refractivity contribution in [3.05, 3.63) is 10.7 Å². The quantitative estimate of drug-likeness (QED) is 0.731. The summed E-state index contributed by atoms with van der Waals surface area (Å²) < 4.78 is 5.79. The zero-order chi connectivity index (χ0) is 14.4. The van der Waals surface area contributed by atoms with E-state index in [1.54, 1.807) is 6.20 Å². The number of ether oxygens (including phenoxy) is 1. The summed E-state index contributed by atoms with van der Waals surface area (Å²) in [5.41, 5.74) is 0. The van der Waals surface area contributed by atoms with Crippen molar-refractivity contribution in [3.8, 4) is 6.01 Å². The number of hydrogen-bond donors (Lipinski definition) is 2. The largest absolute Gasteiger partial charge is 0.467 e. The van der Waals surface area contributed by atoms with Gasteiger partial charge in [0.25, 0.3) is 0 Å². The smallest absolute Gasteiger partial charge is 0.318 e. The van der Waals surface area contributed by atoms with Crippen LogP contribution in [0.3, 0.4) is 0 Å². The maximum absolute atomic E-state index is 11.2. The van der Waals surface area contributed by atoms with E-state index in [1.165, 1.54) is 7.11 Å². The highest BCUT2D eigenvalue weighted by Gasteiger charge is 2.15. The van der Waals surface area contributed by atoms with Gasteiger partial charge in [-0.25, -0.2) is 4.98 Å². The predicted octanol–water partition coefficient (Wildman–Crippen LogP) is 0.481. The minimum atomic E-state index is 0.104. The van der Waals surface area contributed by atoms with E-state index in [0.717, 1.165) is 37.1 Å². The Kier molecular flexibility index (Phi) is 5.54. The first-order chi connectivity index (χ1) is 9.69. The Balaban J connectivity index is 1.74. The summed E-state index contributed by atoms with van der Waals surface area (Å²) >= 11 is 3.39. The molecular weight excluding hydrogens is 326 g/mol. The highest BCUT2D eigenvalue weighted by Crippen LogP contribution is 2.20. The van der Waals surface area contributed by atoms with Gasteiger partial charge in [0.2, 0.25) is 5.91 Å². The van der Waals surface area contributed by atoms with Crippen molar-refractivity contribution in [2.24, 2.45) is 0 Å². The van der Waals surface area contributed by atoms with Gasteiger partial charge >= 0.3 is 6.01 Å². The fraction of sp³-hybridized carbons (Fsp3) is 0.583. The lowest BCUT2D eigenvalue weighted by Gasteiger charge is -2.26. The lowest BCUT2D eigenvalue weighted by atomic mass is 10.3. The van der Waals surface area contributed by atoms with E-state index >= 15 is 0 Å². The number of carbonyl (C=O) groups excluding carboxylic acids is 1. The Hall–Kier alpha value is -1.41. The molecule has 8 heteroatoms. The first-order valence-corrected chi connectivity index (χ1v) is 7.28. The minimum Gasteiger partial charge on any atom is -0.467 e. The number of rotatable bonds is 6. The molecule has 2 rings (SSSR count). The predicted molar refractivity (Wildman–Crippen MR) is 78.8 cm³/mol. The third kappa shape index (κ3) is 4.31. The van der Waals surface area contributed by atoms with Crippen LogP contribution in [0.15, 0.2) is 10.7 Å². The van der Waals surface area contributed by atoms with Crippen molar-refractivity contribution in [2.75, 3.05) is 45.2 Å². The van der Waals surface area contributed by atoms with Crippen LogP contribution in [0.2, 0.25) is 0 Å². The molecule has 0 unspecified atom stereocenters. The fourth-order valence-electron chi connectivity index (χ4n) is 1.97. The van der Waals surface area contributed by atoms with Gasteiger partial charge in [-0.15, -0.1) is 0 Å². The van der Waals surface area contributed by atoms with E-state index in [9.17, 15) is 4.79 Å². The molecule has 1 aliphatic heterocycles. The molecule has 2 N–H and O–H groups in total. The van der Waals surface area contributed by atoms with Gasteiger partial charge in [0.15, 0.2) is 0 Å². The first-order valence-electron chi connectivity index (χ1n) is 6.48. The van der Waals surface area contributed by atoms with Crippen molar-refractivity contribution in [3.63, 3.8) is 0 Å². The standard InChI is InChI=1S/C12H18BrN5O2/c1-20-12-16-7-9(13)11(17-12)15-3-2-5-18-6-4-14-10(19)8-18/h7H,2-6,8H2,1H3,(H,14,19)(H,15,16,17). The zero-order valence-electron chi connectivity index (χ0n) is 11.4. The number of methoxy groups -OCH3 is 1. The number of aromatic nitrogens is 2. The second kappa shape index (κ2) is 7.39. The summed E-state index contributed by atoms with van der Waals surface area (Å²) in [5.74, 6) is 0.820. The van der Waals surface area contributed by atoms with Crippen molar-refractivity contribution in [2.45, 2.75) is 6.42 Å². The SMILES string of the molecule is COc1ncc(Br)c(NCCCN2CCNC(=O)C2)n1. The molecule has 2 heterocycles. The van der Waals surface area contributed by atoms with Crippen LogP contribution >= 0.6 is 15.9 Å². The molecule has 0 radical (unpaired) electrons. The molecule has 1 saturated heterocycles. The van der Waals surface area contributed by atoms with Gasteiger partial charge < -0.3 is 15.4 Å². The molecule has 7 nitrogen and oxygen atoms in total. The number of nitrogens with zero attached hydrogens (tertiary/aromatic N) is 3.